The van der Waals surface area contributed by atoms with Crippen LogP contribution in [0.15, 0.2) is 5.38 Å². The molecule has 23 heavy (non-hydrogen) atoms. The lowest BCUT2D eigenvalue weighted by Crippen LogP contribution is -2.29. The lowest BCUT2D eigenvalue weighted by atomic mass is 10.1. The van der Waals surface area contributed by atoms with Gasteiger partial charge in [0, 0.05) is 40.8 Å². The summed E-state index contributed by atoms with van der Waals surface area (Å²) in [6.45, 7) is 12.9. The van der Waals surface area contributed by atoms with Crippen LogP contribution in [-0.2, 0) is 11.2 Å². The number of hydrogen-bond acceptors (Lipinski definition) is 4. The first-order chi connectivity index (χ1) is 10.8. The van der Waals surface area contributed by atoms with Gasteiger partial charge < -0.3 is 5.32 Å². The van der Waals surface area contributed by atoms with E-state index in [4.69, 9.17) is 0 Å². The minimum Gasteiger partial charge on any atom is -0.355 e. The predicted molar refractivity (Wildman–Crippen MR) is 94.1 cm³/mol. The van der Waals surface area contributed by atoms with Crippen LogP contribution in [0.3, 0.4) is 0 Å². The predicted octanol–water partition coefficient (Wildman–Crippen LogP) is 3.31. The van der Waals surface area contributed by atoms with E-state index < -0.39 is 0 Å². The first-order valence-corrected chi connectivity index (χ1v) is 8.90. The summed E-state index contributed by atoms with van der Waals surface area (Å²) in [5.74, 6) is 0.276. The van der Waals surface area contributed by atoms with Crippen molar-refractivity contribution >= 4 is 17.2 Å². The summed E-state index contributed by atoms with van der Waals surface area (Å²) < 4.78 is 1.99. The first-order valence-electron chi connectivity index (χ1n) is 8.02. The molecule has 0 fully saturated rings. The molecule has 0 aromatic carbocycles. The number of nitrogens with one attached hydrogen (secondary N) is 1. The number of rotatable bonds is 6. The van der Waals surface area contributed by atoms with Crippen LogP contribution in [0, 0.1) is 20.8 Å². The molecule has 0 spiro atoms. The molecule has 2 aromatic heterocycles. The number of nitrogens with zero attached hydrogens (tertiary/aromatic N) is 3. The zero-order chi connectivity index (χ0) is 17.1. The van der Waals surface area contributed by atoms with Gasteiger partial charge >= 0.3 is 0 Å². The molecular weight excluding hydrogens is 308 g/mol. The lowest BCUT2D eigenvalue weighted by Gasteiger charge is -2.11. The molecule has 0 aliphatic carbocycles. The van der Waals surface area contributed by atoms with Gasteiger partial charge in [-0.05, 0) is 34.6 Å². The maximum atomic E-state index is 12.3. The van der Waals surface area contributed by atoms with E-state index in [0.29, 0.717) is 19.0 Å². The fraction of sp³-hybridized carbons (Fsp3) is 0.588. The average Bonchev–Trinajstić information content (AvgIpc) is 3.03. The minimum absolute atomic E-state index is 0.0413. The summed E-state index contributed by atoms with van der Waals surface area (Å²) in [6, 6.07) is 0.304. The summed E-state index contributed by atoms with van der Waals surface area (Å²) in [4.78, 5) is 16.7. The number of amides is 1. The zero-order valence-electron chi connectivity index (χ0n) is 14.8. The van der Waals surface area contributed by atoms with Crippen LogP contribution in [0.4, 0.5) is 0 Å². The fourth-order valence-electron chi connectivity index (χ4n) is 2.63. The van der Waals surface area contributed by atoms with Gasteiger partial charge in [-0.1, -0.05) is 6.92 Å². The molecule has 0 aliphatic rings. The topological polar surface area (TPSA) is 59.8 Å². The second-order valence-corrected chi connectivity index (χ2v) is 7.29. The van der Waals surface area contributed by atoms with Crippen molar-refractivity contribution in [2.75, 3.05) is 6.54 Å². The Balaban J connectivity index is 1.95. The van der Waals surface area contributed by atoms with Crippen LogP contribution in [0.5, 0.6) is 0 Å². The first kappa shape index (κ1) is 17.7. The van der Waals surface area contributed by atoms with E-state index in [1.807, 2.05) is 30.8 Å². The summed E-state index contributed by atoms with van der Waals surface area (Å²) in [5.41, 5.74) is 4.09. The zero-order valence-corrected chi connectivity index (χ0v) is 15.6. The largest absolute Gasteiger partial charge is 0.355 e. The van der Waals surface area contributed by atoms with Gasteiger partial charge in [0.15, 0.2) is 0 Å². The number of aromatic nitrogens is 3. The van der Waals surface area contributed by atoms with Gasteiger partial charge in [-0.3, -0.25) is 9.48 Å². The van der Waals surface area contributed by atoms with Crippen LogP contribution >= 0.6 is 11.3 Å². The smallest absolute Gasteiger partial charge is 0.224 e. The molecule has 0 aliphatic heterocycles. The Morgan fingerprint density at radius 2 is 2.00 bits per heavy atom. The van der Waals surface area contributed by atoms with Crippen molar-refractivity contribution in [2.45, 2.75) is 59.9 Å². The Bertz CT molecular complexity index is 687. The highest BCUT2D eigenvalue weighted by atomic mass is 32.1. The maximum absolute atomic E-state index is 12.3. The number of aryl methyl sites for hydroxylation is 2. The summed E-state index contributed by atoms with van der Waals surface area (Å²) in [7, 11) is 0. The molecule has 1 N–H and O–H groups in total. The average molecular weight is 334 g/mol. The summed E-state index contributed by atoms with van der Waals surface area (Å²) >= 11 is 1.65. The van der Waals surface area contributed by atoms with Crippen LogP contribution in [0.2, 0.25) is 0 Å². The molecule has 1 amide bonds. The highest BCUT2D eigenvalue weighted by Gasteiger charge is 2.17. The fourth-order valence-corrected chi connectivity index (χ4v) is 3.49. The van der Waals surface area contributed by atoms with E-state index in [2.05, 4.69) is 36.2 Å². The molecule has 126 valence electrons. The molecule has 0 saturated carbocycles. The number of carbonyl (C=O) groups is 1. The SMILES string of the molecule is Cc1csc(C(C)CNC(=O)Cc2c(C)nn(C(C)C)c2C)n1. The monoisotopic (exact) mass is 334 g/mol. The van der Waals surface area contributed by atoms with Crippen molar-refractivity contribution in [1.82, 2.24) is 20.1 Å². The van der Waals surface area contributed by atoms with Gasteiger partial charge in [-0.2, -0.15) is 5.10 Å². The van der Waals surface area contributed by atoms with E-state index in [9.17, 15) is 4.79 Å². The standard InChI is InChI=1S/C17H26N4OS/c1-10(2)21-14(6)15(13(5)20-21)7-16(22)18-8-11(3)17-19-12(4)9-23-17/h9-11H,7-8H2,1-6H3,(H,18,22). The van der Waals surface area contributed by atoms with Crippen molar-refractivity contribution in [1.29, 1.82) is 0 Å². The Morgan fingerprint density at radius 1 is 1.30 bits per heavy atom. The van der Waals surface area contributed by atoms with Gasteiger partial charge in [0.1, 0.15) is 0 Å². The third-order valence-corrected chi connectivity index (χ3v) is 5.16. The Labute approximate surface area is 142 Å². The Morgan fingerprint density at radius 3 is 2.52 bits per heavy atom. The third kappa shape index (κ3) is 4.19. The normalized spacial score (nSPS) is 12.7. The van der Waals surface area contributed by atoms with Crippen LogP contribution in [-0.4, -0.2) is 27.2 Å². The quantitative estimate of drug-likeness (QED) is 0.881. The number of thiazole rings is 1. The molecule has 2 aromatic rings. The van der Waals surface area contributed by atoms with Crippen LogP contribution < -0.4 is 5.32 Å². The van der Waals surface area contributed by atoms with E-state index in [1.54, 1.807) is 11.3 Å². The second-order valence-electron chi connectivity index (χ2n) is 6.40. The molecule has 0 saturated heterocycles. The van der Waals surface area contributed by atoms with Gasteiger partial charge in [-0.25, -0.2) is 4.98 Å². The maximum Gasteiger partial charge on any atom is 0.224 e. The Kier molecular flexibility index (Phi) is 5.57. The molecule has 2 rings (SSSR count). The lowest BCUT2D eigenvalue weighted by molar-refractivity contribution is -0.120. The van der Waals surface area contributed by atoms with E-state index >= 15 is 0 Å². The molecule has 5 nitrogen and oxygen atoms in total. The van der Waals surface area contributed by atoms with E-state index in [-0.39, 0.29) is 11.8 Å². The molecule has 1 atom stereocenters. The van der Waals surface area contributed by atoms with Crippen LogP contribution in [0.1, 0.15) is 60.4 Å². The van der Waals surface area contributed by atoms with Crippen molar-refractivity contribution in [3.05, 3.63) is 33.0 Å². The molecule has 1 unspecified atom stereocenters. The van der Waals surface area contributed by atoms with Gasteiger partial charge in [0.25, 0.3) is 0 Å². The van der Waals surface area contributed by atoms with Crippen LogP contribution in [0.25, 0.3) is 0 Å². The van der Waals surface area contributed by atoms with Crippen molar-refractivity contribution in [3.63, 3.8) is 0 Å². The van der Waals surface area contributed by atoms with Gasteiger partial charge in [0.05, 0.1) is 17.1 Å². The van der Waals surface area contributed by atoms with Gasteiger partial charge in [0.2, 0.25) is 5.91 Å². The molecule has 0 radical (unpaired) electrons. The summed E-state index contributed by atoms with van der Waals surface area (Å²) in [5, 5.41) is 10.7. The van der Waals surface area contributed by atoms with Crippen molar-refractivity contribution in [3.8, 4) is 0 Å². The molecule has 6 heteroatoms. The molecule has 0 bridgehead atoms. The highest BCUT2D eigenvalue weighted by Crippen LogP contribution is 2.20. The van der Waals surface area contributed by atoms with Gasteiger partial charge in [-0.15, -0.1) is 11.3 Å². The minimum atomic E-state index is 0.0413. The van der Waals surface area contributed by atoms with E-state index in [1.165, 1.54) is 0 Å². The molecule has 2 heterocycles. The van der Waals surface area contributed by atoms with Crippen molar-refractivity contribution < 1.29 is 4.79 Å². The summed E-state index contributed by atoms with van der Waals surface area (Å²) in [6.07, 6.45) is 0.383. The van der Waals surface area contributed by atoms with Crippen molar-refractivity contribution in [2.24, 2.45) is 0 Å². The Hall–Kier alpha value is -1.69. The molecular formula is C17H26N4OS. The third-order valence-electron chi connectivity index (χ3n) is 3.97. The number of carbonyl (C=O) groups excluding carboxylic acids is 1. The highest BCUT2D eigenvalue weighted by molar-refractivity contribution is 7.09. The van der Waals surface area contributed by atoms with E-state index in [0.717, 1.165) is 27.7 Å². The number of hydrogen-bond donors (Lipinski definition) is 1. The second kappa shape index (κ2) is 7.25.